The van der Waals surface area contributed by atoms with E-state index in [2.05, 4.69) is 23.9 Å². The largest absolute Gasteiger partial charge is 0.469 e. The topological polar surface area (TPSA) is 58.6 Å². The molecule has 5 heteroatoms. The molecular formula is C12H24N2O3. The van der Waals surface area contributed by atoms with E-state index in [1.807, 2.05) is 11.8 Å². The summed E-state index contributed by atoms with van der Waals surface area (Å²) in [5.41, 5.74) is 0. The van der Waals surface area contributed by atoms with Gasteiger partial charge in [0.15, 0.2) is 0 Å². The van der Waals surface area contributed by atoms with Gasteiger partial charge in [-0.1, -0.05) is 20.8 Å². The molecule has 0 spiro atoms. The molecule has 5 nitrogen and oxygen atoms in total. The Morgan fingerprint density at radius 3 is 2.47 bits per heavy atom. The van der Waals surface area contributed by atoms with E-state index in [9.17, 15) is 9.59 Å². The van der Waals surface area contributed by atoms with E-state index in [1.54, 1.807) is 0 Å². The summed E-state index contributed by atoms with van der Waals surface area (Å²) >= 11 is 0. The number of carbonyl (C=O) groups is 2. The van der Waals surface area contributed by atoms with Gasteiger partial charge in [-0.2, -0.15) is 0 Å². The molecule has 17 heavy (non-hydrogen) atoms. The van der Waals surface area contributed by atoms with Crippen LogP contribution in [0.1, 0.15) is 27.2 Å². The van der Waals surface area contributed by atoms with E-state index >= 15 is 0 Å². The molecule has 0 aliphatic carbocycles. The molecule has 0 saturated heterocycles. The van der Waals surface area contributed by atoms with Gasteiger partial charge in [0, 0.05) is 13.1 Å². The van der Waals surface area contributed by atoms with Crippen LogP contribution in [0.25, 0.3) is 0 Å². The molecule has 0 aromatic rings. The lowest BCUT2D eigenvalue weighted by Crippen LogP contribution is -2.39. The second-order valence-corrected chi connectivity index (χ2v) is 4.39. The van der Waals surface area contributed by atoms with Crippen LogP contribution in [0.4, 0.5) is 0 Å². The van der Waals surface area contributed by atoms with Crippen LogP contribution in [0.5, 0.6) is 0 Å². The number of nitrogens with one attached hydrogen (secondary N) is 1. The first-order valence-corrected chi connectivity index (χ1v) is 6.05. The van der Waals surface area contributed by atoms with Crippen molar-refractivity contribution >= 4 is 11.9 Å². The number of methoxy groups -OCH3 is 1. The third-order valence-corrected chi connectivity index (χ3v) is 2.38. The van der Waals surface area contributed by atoms with E-state index in [0.29, 0.717) is 32.0 Å². The van der Waals surface area contributed by atoms with Gasteiger partial charge in [0.05, 0.1) is 20.1 Å². The number of esters is 1. The van der Waals surface area contributed by atoms with Gasteiger partial charge in [-0.15, -0.1) is 0 Å². The Morgan fingerprint density at radius 1 is 1.35 bits per heavy atom. The predicted octanol–water partition coefficient (Wildman–Crippen LogP) is 0.644. The Hall–Kier alpha value is -1.10. The van der Waals surface area contributed by atoms with E-state index in [1.165, 1.54) is 7.11 Å². The van der Waals surface area contributed by atoms with Crippen LogP contribution >= 0.6 is 0 Å². The van der Waals surface area contributed by atoms with Gasteiger partial charge < -0.3 is 10.1 Å². The lowest BCUT2D eigenvalue weighted by molar-refractivity contribution is -0.141. The van der Waals surface area contributed by atoms with Crippen molar-refractivity contribution in [2.24, 2.45) is 5.92 Å². The summed E-state index contributed by atoms with van der Waals surface area (Å²) in [7, 11) is 1.37. The zero-order chi connectivity index (χ0) is 13.3. The molecule has 0 aliphatic rings. The molecule has 0 aromatic carbocycles. The molecule has 0 unspecified atom stereocenters. The number of hydrogen-bond donors (Lipinski definition) is 1. The van der Waals surface area contributed by atoms with Gasteiger partial charge in [-0.25, -0.2) is 0 Å². The highest BCUT2D eigenvalue weighted by atomic mass is 16.5. The van der Waals surface area contributed by atoms with Gasteiger partial charge >= 0.3 is 5.97 Å². The van der Waals surface area contributed by atoms with E-state index < -0.39 is 0 Å². The smallest absolute Gasteiger partial charge is 0.306 e. The fraction of sp³-hybridized carbons (Fsp3) is 0.833. The Labute approximate surface area is 103 Å². The molecule has 1 N–H and O–H groups in total. The summed E-state index contributed by atoms with van der Waals surface area (Å²) in [6.45, 7) is 8.38. The fourth-order valence-electron chi connectivity index (χ4n) is 1.28. The molecule has 0 atom stereocenters. The van der Waals surface area contributed by atoms with Gasteiger partial charge in [0.25, 0.3) is 0 Å². The first-order chi connectivity index (χ1) is 7.99. The number of rotatable bonds is 8. The molecule has 0 saturated carbocycles. The van der Waals surface area contributed by atoms with Crippen molar-refractivity contribution in [3.05, 3.63) is 0 Å². The first kappa shape index (κ1) is 15.9. The molecular weight excluding hydrogens is 220 g/mol. The van der Waals surface area contributed by atoms with Gasteiger partial charge in [0.2, 0.25) is 5.91 Å². The fourth-order valence-corrected chi connectivity index (χ4v) is 1.28. The van der Waals surface area contributed by atoms with Crippen LogP contribution in [0.2, 0.25) is 0 Å². The van der Waals surface area contributed by atoms with Crippen molar-refractivity contribution in [2.75, 3.05) is 33.3 Å². The second kappa shape index (κ2) is 8.98. The van der Waals surface area contributed by atoms with Crippen LogP contribution in [-0.4, -0.2) is 50.1 Å². The summed E-state index contributed by atoms with van der Waals surface area (Å²) in [6.07, 6.45) is 0.321. The minimum atomic E-state index is -0.244. The summed E-state index contributed by atoms with van der Waals surface area (Å²) in [5, 5.41) is 2.85. The van der Waals surface area contributed by atoms with E-state index in [0.717, 1.165) is 6.54 Å². The Morgan fingerprint density at radius 2 is 2.00 bits per heavy atom. The van der Waals surface area contributed by atoms with Crippen LogP contribution in [-0.2, 0) is 14.3 Å². The lowest BCUT2D eigenvalue weighted by atomic mass is 10.2. The maximum atomic E-state index is 11.6. The highest BCUT2D eigenvalue weighted by Gasteiger charge is 2.11. The standard InChI is InChI=1S/C12H24N2O3/c1-5-14(7-6-12(16)17-4)9-11(15)13-8-10(2)3/h10H,5-9H2,1-4H3,(H,13,15). The lowest BCUT2D eigenvalue weighted by Gasteiger charge is -2.19. The normalized spacial score (nSPS) is 10.7. The quantitative estimate of drug-likeness (QED) is 0.637. The number of hydrogen-bond acceptors (Lipinski definition) is 4. The number of amides is 1. The Balaban J connectivity index is 3.87. The van der Waals surface area contributed by atoms with Gasteiger partial charge in [0.1, 0.15) is 0 Å². The second-order valence-electron chi connectivity index (χ2n) is 4.39. The Bertz CT molecular complexity index is 242. The average molecular weight is 244 g/mol. The van der Waals surface area contributed by atoms with Crippen LogP contribution in [0.15, 0.2) is 0 Å². The van der Waals surface area contributed by atoms with Crippen molar-refractivity contribution in [3.8, 4) is 0 Å². The van der Waals surface area contributed by atoms with Gasteiger partial charge in [-0.3, -0.25) is 14.5 Å². The molecule has 1 amide bonds. The molecule has 0 fully saturated rings. The number of likely N-dealkylation sites (N-methyl/N-ethyl adjacent to an activating group) is 1. The first-order valence-electron chi connectivity index (χ1n) is 6.05. The minimum absolute atomic E-state index is 0.00501. The third-order valence-electron chi connectivity index (χ3n) is 2.38. The maximum absolute atomic E-state index is 11.6. The summed E-state index contributed by atoms with van der Waals surface area (Å²) in [6, 6.07) is 0. The average Bonchev–Trinajstić information content (AvgIpc) is 2.31. The summed E-state index contributed by atoms with van der Waals surface area (Å²) in [5.74, 6) is 0.209. The molecule has 100 valence electrons. The summed E-state index contributed by atoms with van der Waals surface area (Å²) in [4.78, 5) is 24.5. The van der Waals surface area contributed by atoms with E-state index in [-0.39, 0.29) is 11.9 Å². The van der Waals surface area contributed by atoms with Crippen molar-refractivity contribution in [2.45, 2.75) is 27.2 Å². The zero-order valence-corrected chi connectivity index (χ0v) is 11.3. The highest BCUT2D eigenvalue weighted by Crippen LogP contribution is 1.94. The highest BCUT2D eigenvalue weighted by molar-refractivity contribution is 5.78. The van der Waals surface area contributed by atoms with E-state index in [4.69, 9.17) is 0 Å². The monoisotopic (exact) mass is 244 g/mol. The van der Waals surface area contributed by atoms with Crippen LogP contribution < -0.4 is 5.32 Å². The van der Waals surface area contributed by atoms with Gasteiger partial charge in [-0.05, 0) is 12.5 Å². The molecule has 0 aromatic heterocycles. The minimum Gasteiger partial charge on any atom is -0.469 e. The summed E-state index contributed by atoms with van der Waals surface area (Å²) < 4.78 is 4.56. The van der Waals surface area contributed by atoms with Crippen LogP contribution in [0.3, 0.4) is 0 Å². The number of ether oxygens (including phenoxy) is 1. The zero-order valence-electron chi connectivity index (χ0n) is 11.3. The van der Waals surface area contributed by atoms with Crippen molar-refractivity contribution in [3.63, 3.8) is 0 Å². The SMILES string of the molecule is CCN(CCC(=O)OC)CC(=O)NCC(C)C. The third kappa shape index (κ3) is 8.68. The Kier molecular flexibility index (Phi) is 8.40. The molecule has 0 rings (SSSR count). The molecule has 0 radical (unpaired) electrons. The predicted molar refractivity (Wildman–Crippen MR) is 66.6 cm³/mol. The van der Waals surface area contributed by atoms with Crippen molar-refractivity contribution in [1.82, 2.24) is 10.2 Å². The molecule has 0 bridgehead atoms. The maximum Gasteiger partial charge on any atom is 0.306 e. The van der Waals surface area contributed by atoms with Crippen LogP contribution in [0, 0.1) is 5.92 Å². The number of carbonyl (C=O) groups excluding carboxylic acids is 2. The molecule has 0 aliphatic heterocycles. The van der Waals surface area contributed by atoms with Crippen molar-refractivity contribution in [1.29, 1.82) is 0 Å². The molecule has 0 heterocycles. The number of nitrogens with zero attached hydrogens (tertiary/aromatic N) is 1. The van der Waals surface area contributed by atoms with Crippen molar-refractivity contribution < 1.29 is 14.3 Å².